The smallest absolute Gasteiger partial charge is 0.115 e. The number of piperidine rings is 1. The number of hydrogen-bond acceptors (Lipinski definition) is 3. The van der Waals surface area contributed by atoms with E-state index in [1.807, 2.05) is 12.1 Å². The van der Waals surface area contributed by atoms with Crippen molar-refractivity contribution < 1.29 is 5.11 Å². The molecular weight excluding hydrogens is 248 g/mol. The van der Waals surface area contributed by atoms with E-state index in [1.54, 1.807) is 12.1 Å². The zero-order chi connectivity index (χ0) is 14.6. The van der Waals surface area contributed by atoms with Gasteiger partial charge in [0.15, 0.2) is 0 Å². The van der Waals surface area contributed by atoms with Crippen LogP contribution in [0.1, 0.15) is 39.2 Å². The van der Waals surface area contributed by atoms with Crippen molar-refractivity contribution >= 4 is 0 Å². The Morgan fingerprint density at radius 1 is 1.15 bits per heavy atom. The number of rotatable bonds is 4. The monoisotopic (exact) mass is 276 g/mol. The van der Waals surface area contributed by atoms with Gasteiger partial charge in [-0.05, 0) is 64.3 Å². The lowest BCUT2D eigenvalue weighted by atomic mass is 9.98. The highest BCUT2D eigenvalue weighted by Crippen LogP contribution is 2.20. The summed E-state index contributed by atoms with van der Waals surface area (Å²) < 4.78 is 0. The van der Waals surface area contributed by atoms with Crippen LogP contribution in [0.5, 0.6) is 5.75 Å². The first-order chi connectivity index (χ1) is 9.45. The minimum absolute atomic E-state index is 0.303. The fourth-order valence-electron chi connectivity index (χ4n) is 2.84. The van der Waals surface area contributed by atoms with E-state index < -0.39 is 0 Å². The highest BCUT2D eigenvalue weighted by atomic mass is 16.3. The molecule has 1 aliphatic rings. The van der Waals surface area contributed by atoms with Gasteiger partial charge < -0.3 is 10.4 Å². The molecule has 2 rings (SSSR count). The SMILES string of the molecule is CC(C)(C)N1CCC(NCCc2ccc(O)cc2)CC1. The number of benzene rings is 1. The van der Waals surface area contributed by atoms with E-state index in [4.69, 9.17) is 0 Å². The zero-order valence-corrected chi connectivity index (χ0v) is 13.0. The lowest BCUT2D eigenvalue weighted by Gasteiger charge is -2.41. The lowest BCUT2D eigenvalue weighted by Crippen LogP contribution is -2.50. The molecule has 1 aromatic rings. The van der Waals surface area contributed by atoms with Crippen LogP contribution < -0.4 is 5.32 Å². The molecule has 0 bridgehead atoms. The van der Waals surface area contributed by atoms with Gasteiger partial charge in [-0.3, -0.25) is 4.90 Å². The molecule has 0 spiro atoms. The quantitative estimate of drug-likeness (QED) is 0.887. The van der Waals surface area contributed by atoms with Gasteiger partial charge in [0.25, 0.3) is 0 Å². The fraction of sp³-hybridized carbons (Fsp3) is 0.647. The zero-order valence-electron chi connectivity index (χ0n) is 13.0. The molecule has 1 saturated heterocycles. The summed E-state index contributed by atoms with van der Waals surface area (Å²) in [6, 6.07) is 8.18. The van der Waals surface area contributed by atoms with Crippen LogP contribution in [0.4, 0.5) is 0 Å². The largest absolute Gasteiger partial charge is 0.508 e. The van der Waals surface area contributed by atoms with Gasteiger partial charge >= 0.3 is 0 Å². The molecule has 1 aromatic carbocycles. The van der Waals surface area contributed by atoms with Crippen LogP contribution in [0.15, 0.2) is 24.3 Å². The molecule has 0 aliphatic carbocycles. The third-order valence-electron chi connectivity index (χ3n) is 4.23. The second-order valence-electron chi connectivity index (χ2n) is 6.80. The van der Waals surface area contributed by atoms with Crippen LogP contribution in [0.3, 0.4) is 0 Å². The molecule has 0 aromatic heterocycles. The van der Waals surface area contributed by atoms with Gasteiger partial charge in [0, 0.05) is 24.7 Å². The van der Waals surface area contributed by atoms with Crippen molar-refractivity contribution in [2.45, 2.75) is 51.6 Å². The van der Waals surface area contributed by atoms with Crippen molar-refractivity contribution in [1.82, 2.24) is 10.2 Å². The molecule has 0 radical (unpaired) electrons. The predicted molar refractivity (Wildman–Crippen MR) is 84.2 cm³/mol. The maximum atomic E-state index is 9.26. The van der Waals surface area contributed by atoms with Gasteiger partial charge in [-0.25, -0.2) is 0 Å². The molecule has 0 amide bonds. The average molecular weight is 276 g/mol. The van der Waals surface area contributed by atoms with Crippen molar-refractivity contribution in [3.63, 3.8) is 0 Å². The van der Waals surface area contributed by atoms with E-state index in [-0.39, 0.29) is 0 Å². The van der Waals surface area contributed by atoms with Crippen LogP contribution in [0.25, 0.3) is 0 Å². The third kappa shape index (κ3) is 4.50. The summed E-state index contributed by atoms with van der Waals surface area (Å²) in [6.45, 7) is 10.3. The highest BCUT2D eigenvalue weighted by molar-refractivity contribution is 5.25. The Bertz CT molecular complexity index is 400. The Labute approximate surface area is 123 Å². The van der Waals surface area contributed by atoms with E-state index in [2.05, 4.69) is 31.0 Å². The van der Waals surface area contributed by atoms with E-state index in [9.17, 15) is 5.11 Å². The van der Waals surface area contributed by atoms with Crippen LogP contribution in [0, 0.1) is 0 Å². The van der Waals surface area contributed by atoms with E-state index in [0.717, 1.165) is 13.0 Å². The number of nitrogens with zero attached hydrogens (tertiary/aromatic N) is 1. The molecule has 2 N–H and O–H groups in total. The summed E-state index contributed by atoms with van der Waals surface area (Å²) in [6.07, 6.45) is 3.51. The molecule has 3 heteroatoms. The minimum Gasteiger partial charge on any atom is -0.508 e. The number of likely N-dealkylation sites (tertiary alicyclic amines) is 1. The van der Waals surface area contributed by atoms with Crippen molar-refractivity contribution in [3.05, 3.63) is 29.8 Å². The van der Waals surface area contributed by atoms with E-state index in [1.165, 1.54) is 31.5 Å². The van der Waals surface area contributed by atoms with Crippen LogP contribution in [-0.2, 0) is 6.42 Å². The fourth-order valence-corrected chi connectivity index (χ4v) is 2.84. The van der Waals surface area contributed by atoms with Gasteiger partial charge in [-0.2, -0.15) is 0 Å². The van der Waals surface area contributed by atoms with Crippen molar-refractivity contribution in [2.75, 3.05) is 19.6 Å². The Morgan fingerprint density at radius 2 is 1.75 bits per heavy atom. The maximum Gasteiger partial charge on any atom is 0.115 e. The molecule has 3 nitrogen and oxygen atoms in total. The van der Waals surface area contributed by atoms with Crippen LogP contribution >= 0.6 is 0 Å². The highest BCUT2D eigenvalue weighted by Gasteiger charge is 2.26. The Balaban J connectivity index is 1.67. The number of nitrogens with one attached hydrogen (secondary N) is 1. The minimum atomic E-state index is 0.303. The maximum absolute atomic E-state index is 9.26. The molecule has 0 saturated carbocycles. The Hall–Kier alpha value is -1.06. The average Bonchev–Trinajstić information content (AvgIpc) is 2.41. The molecular formula is C17H28N2O. The molecule has 0 unspecified atom stereocenters. The van der Waals surface area contributed by atoms with E-state index >= 15 is 0 Å². The first-order valence-corrected chi connectivity index (χ1v) is 7.71. The summed E-state index contributed by atoms with van der Waals surface area (Å²) >= 11 is 0. The predicted octanol–water partition coefficient (Wildman–Crippen LogP) is 2.79. The summed E-state index contributed by atoms with van der Waals surface area (Å²) in [5, 5.41) is 12.9. The lowest BCUT2D eigenvalue weighted by molar-refractivity contribution is 0.0965. The first kappa shape index (κ1) is 15.3. The molecule has 1 heterocycles. The second-order valence-corrected chi connectivity index (χ2v) is 6.80. The van der Waals surface area contributed by atoms with Gasteiger partial charge in [0.1, 0.15) is 5.75 Å². The van der Waals surface area contributed by atoms with Gasteiger partial charge in [-0.1, -0.05) is 12.1 Å². The van der Waals surface area contributed by atoms with Gasteiger partial charge in [0.05, 0.1) is 0 Å². The summed E-state index contributed by atoms with van der Waals surface area (Å²) in [7, 11) is 0. The Kier molecular flexibility index (Phi) is 5.06. The van der Waals surface area contributed by atoms with Crippen molar-refractivity contribution in [1.29, 1.82) is 0 Å². The van der Waals surface area contributed by atoms with E-state index in [0.29, 0.717) is 17.3 Å². The Morgan fingerprint density at radius 3 is 2.30 bits per heavy atom. The third-order valence-corrected chi connectivity index (χ3v) is 4.23. The summed E-state index contributed by atoms with van der Waals surface area (Å²) in [5.41, 5.74) is 1.58. The number of phenols is 1. The molecule has 0 atom stereocenters. The first-order valence-electron chi connectivity index (χ1n) is 7.71. The van der Waals surface area contributed by atoms with Gasteiger partial charge in [-0.15, -0.1) is 0 Å². The normalized spacial score (nSPS) is 18.4. The van der Waals surface area contributed by atoms with Gasteiger partial charge in [0.2, 0.25) is 0 Å². The summed E-state index contributed by atoms with van der Waals surface area (Å²) in [4.78, 5) is 2.57. The number of hydrogen-bond donors (Lipinski definition) is 2. The van der Waals surface area contributed by atoms with Crippen LogP contribution in [-0.4, -0.2) is 41.2 Å². The number of aromatic hydroxyl groups is 1. The topological polar surface area (TPSA) is 35.5 Å². The van der Waals surface area contributed by atoms with Crippen molar-refractivity contribution in [3.8, 4) is 5.75 Å². The second kappa shape index (κ2) is 6.59. The van der Waals surface area contributed by atoms with Crippen LogP contribution in [0.2, 0.25) is 0 Å². The molecule has 20 heavy (non-hydrogen) atoms. The molecule has 112 valence electrons. The number of phenolic OH excluding ortho intramolecular Hbond substituents is 1. The standard InChI is InChI=1S/C17H28N2O/c1-17(2,3)19-12-9-15(10-13-19)18-11-8-14-4-6-16(20)7-5-14/h4-7,15,18,20H,8-13H2,1-3H3. The van der Waals surface area contributed by atoms with Crippen molar-refractivity contribution in [2.24, 2.45) is 0 Å². The molecule has 1 fully saturated rings. The summed E-state index contributed by atoms with van der Waals surface area (Å²) in [5.74, 6) is 0.344. The molecule has 1 aliphatic heterocycles.